The van der Waals surface area contributed by atoms with Gasteiger partial charge >= 0.3 is 11.9 Å². The summed E-state index contributed by atoms with van der Waals surface area (Å²) in [5.74, 6) is -1.87. The first-order valence-electron chi connectivity index (χ1n) is 21.3. The number of esters is 2. The van der Waals surface area contributed by atoms with E-state index in [0.717, 1.165) is 44.9 Å². The van der Waals surface area contributed by atoms with Crippen molar-refractivity contribution in [3.63, 3.8) is 0 Å². The number of carbonyl (C=O) groups is 3. The van der Waals surface area contributed by atoms with E-state index in [-0.39, 0.29) is 55.5 Å². The molecule has 0 amide bonds. The highest BCUT2D eigenvalue weighted by Crippen LogP contribution is 2.11. The largest absolute Gasteiger partial charge is 0.544 e. The van der Waals surface area contributed by atoms with Gasteiger partial charge in [-0.05, 0) is 64.2 Å². The molecule has 0 aromatic heterocycles. The molecule has 0 spiro atoms. The number of rotatable bonds is 36. The molecule has 0 saturated carbocycles. The molecule has 0 fully saturated rings. The third-order valence-electron chi connectivity index (χ3n) is 8.83. The highest BCUT2D eigenvalue weighted by Gasteiger charge is 2.25. The van der Waals surface area contributed by atoms with Crippen LogP contribution in [0.3, 0.4) is 0 Å². The molecule has 0 rings (SSSR count). The number of unbranched alkanes of at least 4 members (excludes halogenated alkanes) is 10. The fraction of sp³-hybridized carbons (Fsp3) is 0.604. The van der Waals surface area contributed by atoms with Crippen molar-refractivity contribution in [1.82, 2.24) is 0 Å². The van der Waals surface area contributed by atoms with E-state index in [1.165, 1.54) is 44.9 Å². The van der Waals surface area contributed by atoms with Crippen molar-refractivity contribution in [3.05, 3.63) is 97.2 Å². The molecule has 2 atom stereocenters. The molecule has 0 N–H and O–H groups in total. The molecule has 0 aliphatic rings. The monoisotopic (exact) mass is 780 g/mol. The number of quaternary nitrogens is 1. The van der Waals surface area contributed by atoms with Crippen molar-refractivity contribution in [2.45, 2.75) is 148 Å². The van der Waals surface area contributed by atoms with Gasteiger partial charge in [0.2, 0.25) is 0 Å². The van der Waals surface area contributed by atoms with Crippen LogP contribution in [0, 0.1) is 0 Å². The molecular formula is C48H77NO7. The Kier molecular flexibility index (Phi) is 35.6. The number of allylic oxidation sites excluding steroid dienone is 16. The number of nitrogens with zero attached hydrogens (tertiary/aromatic N) is 1. The summed E-state index contributed by atoms with van der Waals surface area (Å²) in [7, 11) is 5.36. The van der Waals surface area contributed by atoms with Crippen LogP contribution in [-0.2, 0) is 28.6 Å². The summed E-state index contributed by atoms with van der Waals surface area (Å²) in [4.78, 5) is 36.8. The van der Waals surface area contributed by atoms with Gasteiger partial charge in [0.25, 0.3) is 0 Å². The summed E-state index contributed by atoms with van der Waals surface area (Å²) in [5, 5.41) is 11.6. The van der Waals surface area contributed by atoms with Crippen molar-refractivity contribution in [1.29, 1.82) is 0 Å². The van der Waals surface area contributed by atoms with E-state index in [1.54, 1.807) is 21.1 Å². The maximum Gasteiger partial charge on any atom is 0.306 e. The molecule has 0 heterocycles. The van der Waals surface area contributed by atoms with E-state index in [1.807, 2.05) is 48.6 Å². The number of carboxylic acids is 1. The van der Waals surface area contributed by atoms with E-state index in [0.29, 0.717) is 12.8 Å². The highest BCUT2D eigenvalue weighted by atomic mass is 16.6. The fourth-order valence-electron chi connectivity index (χ4n) is 5.52. The van der Waals surface area contributed by atoms with Gasteiger partial charge in [-0.15, -0.1) is 0 Å². The quantitative estimate of drug-likeness (QED) is 0.0205. The second-order valence-electron chi connectivity index (χ2n) is 15.0. The minimum absolute atomic E-state index is 0.000790. The summed E-state index contributed by atoms with van der Waals surface area (Å²) >= 11 is 0. The number of likely N-dealkylation sites (N-methyl/N-ethyl adjacent to an activating group) is 1. The Morgan fingerprint density at radius 3 is 1.70 bits per heavy atom. The highest BCUT2D eigenvalue weighted by molar-refractivity contribution is 5.70. The lowest BCUT2D eigenvalue weighted by Gasteiger charge is -2.34. The molecule has 8 heteroatoms. The van der Waals surface area contributed by atoms with Gasteiger partial charge in [-0.25, -0.2) is 0 Å². The number of hydrogen-bond acceptors (Lipinski definition) is 7. The predicted molar refractivity (Wildman–Crippen MR) is 231 cm³/mol. The summed E-state index contributed by atoms with van der Waals surface area (Å²) in [6.07, 6.45) is 50.1. The Labute approximate surface area is 341 Å². The molecule has 8 nitrogen and oxygen atoms in total. The van der Waals surface area contributed by atoms with Gasteiger partial charge in [0.05, 0.1) is 40.3 Å². The lowest BCUT2D eigenvalue weighted by molar-refractivity contribution is -0.889. The van der Waals surface area contributed by atoms with Crippen molar-refractivity contribution < 1.29 is 38.2 Å². The third-order valence-corrected chi connectivity index (χ3v) is 8.83. The molecule has 0 saturated heterocycles. The zero-order chi connectivity index (χ0) is 41.4. The van der Waals surface area contributed by atoms with Gasteiger partial charge in [0, 0.05) is 19.3 Å². The molecular weight excluding hydrogens is 703 g/mol. The molecule has 0 aromatic rings. The fourth-order valence-corrected chi connectivity index (χ4v) is 5.52. The number of carbonyl (C=O) groups excluding carboxylic acids is 3. The van der Waals surface area contributed by atoms with Crippen molar-refractivity contribution in [2.24, 2.45) is 0 Å². The van der Waals surface area contributed by atoms with Crippen LogP contribution in [0.15, 0.2) is 97.2 Å². The molecule has 56 heavy (non-hydrogen) atoms. The number of ether oxygens (including phenoxy) is 3. The van der Waals surface area contributed by atoms with E-state index in [2.05, 4.69) is 62.5 Å². The smallest absolute Gasteiger partial charge is 0.306 e. The van der Waals surface area contributed by atoms with Gasteiger partial charge in [0.15, 0.2) is 6.10 Å². The van der Waals surface area contributed by atoms with E-state index < -0.39 is 18.1 Å². The van der Waals surface area contributed by atoms with Crippen LogP contribution < -0.4 is 5.11 Å². The Balaban J connectivity index is 4.55. The number of hydrogen-bond donors (Lipinski definition) is 0. The van der Waals surface area contributed by atoms with Crippen LogP contribution in [0.25, 0.3) is 0 Å². The first kappa shape index (κ1) is 52.2. The molecule has 0 aromatic carbocycles. The molecule has 0 aliphatic carbocycles. The van der Waals surface area contributed by atoms with Crippen molar-refractivity contribution in [3.8, 4) is 0 Å². The van der Waals surface area contributed by atoms with Gasteiger partial charge in [-0.2, -0.15) is 0 Å². The summed E-state index contributed by atoms with van der Waals surface area (Å²) in [6, 6.07) is -0.747. The SMILES string of the molecule is CC/C=C/C=C/C=C/C=C/C=C/CCCCCC(=O)OC(COCCC(C(=O)[O-])[N+](C)(C)C)COC(=O)CCC/C=C/C/C=C/C/C=C/CCCCCCCC. The molecule has 0 radical (unpaired) electrons. The summed E-state index contributed by atoms with van der Waals surface area (Å²) in [6.45, 7) is 4.38. The molecule has 0 aliphatic heterocycles. The Morgan fingerprint density at radius 1 is 0.571 bits per heavy atom. The second kappa shape index (κ2) is 38.1. The first-order valence-corrected chi connectivity index (χ1v) is 21.3. The van der Waals surface area contributed by atoms with E-state index in [9.17, 15) is 19.5 Å². The van der Waals surface area contributed by atoms with Crippen LogP contribution >= 0.6 is 0 Å². The maximum absolute atomic E-state index is 12.7. The van der Waals surface area contributed by atoms with Crippen LogP contribution in [0.5, 0.6) is 0 Å². The second-order valence-corrected chi connectivity index (χ2v) is 15.0. The lowest BCUT2D eigenvalue weighted by Crippen LogP contribution is -2.55. The maximum atomic E-state index is 12.7. The predicted octanol–water partition coefficient (Wildman–Crippen LogP) is 10.2. The van der Waals surface area contributed by atoms with Gasteiger partial charge in [-0.1, -0.05) is 150 Å². The molecule has 316 valence electrons. The van der Waals surface area contributed by atoms with Crippen LogP contribution in [-0.4, -0.2) is 75.5 Å². The summed E-state index contributed by atoms with van der Waals surface area (Å²) < 4.78 is 17.0. The number of carboxylic acid groups (broad SMARTS) is 1. The van der Waals surface area contributed by atoms with Crippen molar-refractivity contribution in [2.75, 3.05) is 41.0 Å². The molecule has 0 bridgehead atoms. The average molecular weight is 780 g/mol. The minimum Gasteiger partial charge on any atom is -0.544 e. The van der Waals surface area contributed by atoms with E-state index in [4.69, 9.17) is 14.2 Å². The van der Waals surface area contributed by atoms with Crippen molar-refractivity contribution >= 4 is 17.9 Å². The minimum atomic E-state index is -1.14. The van der Waals surface area contributed by atoms with Gasteiger partial charge < -0.3 is 28.6 Å². The lowest BCUT2D eigenvalue weighted by atomic mass is 10.1. The zero-order valence-electron chi connectivity index (χ0n) is 35.8. The Morgan fingerprint density at radius 2 is 1.09 bits per heavy atom. The average Bonchev–Trinajstić information content (AvgIpc) is 3.15. The number of aliphatic carboxylic acids is 1. The summed E-state index contributed by atoms with van der Waals surface area (Å²) in [5.41, 5.74) is 0. The first-order chi connectivity index (χ1) is 27.1. The third kappa shape index (κ3) is 35.9. The zero-order valence-corrected chi connectivity index (χ0v) is 35.8. The van der Waals surface area contributed by atoms with Crippen LogP contribution in [0.2, 0.25) is 0 Å². The normalized spacial score (nSPS) is 13.9. The van der Waals surface area contributed by atoms with Gasteiger partial charge in [-0.3, -0.25) is 9.59 Å². The van der Waals surface area contributed by atoms with Crippen LogP contribution in [0.1, 0.15) is 136 Å². The van der Waals surface area contributed by atoms with Gasteiger partial charge in [0.1, 0.15) is 12.6 Å². The topological polar surface area (TPSA) is 102 Å². The van der Waals surface area contributed by atoms with E-state index >= 15 is 0 Å². The standard InChI is InChI=1S/C48H77NO7/c1-6-8-10-12-14-16-18-20-22-23-25-26-28-30-32-34-36-38-46(50)55-43-44(42-54-41-40-45(48(52)53)49(3,4)5)56-47(51)39-37-35-33-31-29-27-24-21-19-17-15-13-11-9-7-2/h9,11,13,15,17,19-22,24-27,29-30,32,44-45H,6-8,10,12,14,16,18,23,28,31,33-43H2,1-5H3/b11-9+,15-13+,19-17+,22-20+,24-21+,26-25+,29-27+,32-30+. The Hall–Kier alpha value is -3.75. The Bertz CT molecular complexity index is 1230. The molecule has 2 unspecified atom stereocenters. The van der Waals surface area contributed by atoms with Crippen LogP contribution in [0.4, 0.5) is 0 Å².